The van der Waals surface area contributed by atoms with Crippen LogP contribution in [0.15, 0.2) is 35.3 Å². The second-order valence-corrected chi connectivity index (χ2v) is 3.99. The fourth-order valence-electron chi connectivity index (χ4n) is 1.53. The number of nitrogens with zero attached hydrogens (tertiary/aromatic N) is 4. The molecule has 0 aliphatic carbocycles. The second-order valence-electron chi connectivity index (χ2n) is 3.99. The van der Waals surface area contributed by atoms with Crippen molar-refractivity contribution in [3.63, 3.8) is 0 Å². The lowest BCUT2D eigenvalue weighted by Gasteiger charge is -2.15. The van der Waals surface area contributed by atoms with Crippen LogP contribution in [0.4, 0.5) is 5.82 Å². The summed E-state index contributed by atoms with van der Waals surface area (Å²) in [7, 11) is 1.64. The molecule has 1 amide bonds. The van der Waals surface area contributed by atoms with Gasteiger partial charge in [0.05, 0.1) is 12.8 Å². The Bertz CT molecular complexity index is 575. The zero-order valence-corrected chi connectivity index (χ0v) is 10.2. The number of hydrogen-bond donors (Lipinski definition) is 0. The zero-order chi connectivity index (χ0) is 13.8. The number of likely N-dealkylation sites (N-methyl/N-ethyl adjacent to an activating group) is 1. The molecule has 2 aromatic rings. The molecule has 0 saturated carbocycles. The largest absolute Gasteiger partial charge is 0.467 e. The van der Waals surface area contributed by atoms with Gasteiger partial charge in [-0.25, -0.2) is 0 Å². The van der Waals surface area contributed by atoms with Crippen LogP contribution in [0.3, 0.4) is 0 Å². The monoisotopic (exact) mass is 264 g/mol. The zero-order valence-electron chi connectivity index (χ0n) is 10.2. The molecule has 0 saturated heterocycles. The van der Waals surface area contributed by atoms with E-state index in [0.29, 0.717) is 12.3 Å². The average molecular weight is 264 g/mol. The van der Waals surface area contributed by atoms with Crippen molar-refractivity contribution in [3.05, 3.63) is 46.8 Å². The molecule has 0 bridgehead atoms. The van der Waals surface area contributed by atoms with Crippen LogP contribution in [-0.2, 0) is 17.9 Å². The van der Waals surface area contributed by atoms with E-state index < -0.39 is 4.92 Å². The Hall–Kier alpha value is -2.64. The lowest BCUT2D eigenvalue weighted by atomic mass is 10.4. The smallest absolute Gasteiger partial charge is 0.381 e. The number of aromatic nitrogens is 2. The van der Waals surface area contributed by atoms with E-state index in [1.54, 1.807) is 19.2 Å². The molecule has 0 N–H and O–H groups in total. The minimum atomic E-state index is -0.604. The summed E-state index contributed by atoms with van der Waals surface area (Å²) in [5, 5.41) is 10.5. The molecule has 0 fully saturated rings. The minimum Gasteiger partial charge on any atom is -0.467 e. The molecular weight excluding hydrogens is 252 g/mol. The van der Waals surface area contributed by atoms with Crippen molar-refractivity contribution in [3.8, 4) is 0 Å². The van der Waals surface area contributed by atoms with Crippen LogP contribution >= 0.6 is 0 Å². The third-order valence-electron chi connectivity index (χ3n) is 2.52. The Morgan fingerprint density at radius 1 is 1.63 bits per heavy atom. The highest BCUT2D eigenvalue weighted by Gasteiger charge is 2.15. The normalized spacial score (nSPS) is 10.4. The molecule has 0 aliphatic heterocycles. The molecule has 2 rings (SSSR count). The van der Waals surface area contributed by atoms with E-state index in [9.17, 15) is 14.9 Å². The predicted molar refractivity (Wildman–Crippen MR) is 64.1 cm³/mol. The maximum Gasteiger partial charge on any atom is 0.381 e. The lowest BCUT2D eigenvalue weighted by Crippen LogP contribution is -2.29. The summed E-state index contributed by atoms with van der Waals surface area (Å²) in [6.45, 7) is 0.348. The van der Waals surface area contributed by atoms with Gasteiger partial charge in [0, 0.05) is 7.05 Å². The fourth-order valence-corrected chi connectivity index (χ4v) is 1.53. The first-order valence-electron chi connectivity index (χ1n) is 5.49. The van der Waals surface area contributed by atoms with Crippen molar-refractivity contribution in [1.29, 1.82) is 0 Å². The Morgan fingerprint density at radius 3 is 3.00 bits per heavy atom. The molecule has 0 aromatic carbocycles. The first kappa shape index (κ1) is 12.8. The number of nitro groups is 1. The van der Waals surface area contributed by atoms with Crippen LogP contribution in [-0.4, -0.2) is 32.3 Å². The third-order valence-corrected chi connectivity index (χ3v) is 2.52. The highest BCUT2D eigenvalue weighted by atomic mass is 16.6. The Balaban J connectivity index is 1.94. The summed E-state index contributed by atoms with van der Waals surface area (Å²) >= 11 is 0. The third kappa shape index (κ3) is 3.18. The average Bonchev–Trinajstić information content (AvgIpc) is 2.99. The van der Waals surface area contributed by atoms with Crippen molar-refractivity contribution in [2.45, 2.75) is 13.1 Å². The van der Waals surface area contributed by atoms with Crippen LogP contribution in [0.25, 0.3) is 0 Å². The predicted octanol–water partition coefficient (Wildman–Crippen LogP) is 1.04. The molecule has 0 aliphatic rings. The Labute approximate surface area is 108 Å². The number of carbonyl (C=O) groups is 1. The first-order chi connectivity index (χ1) is 9.06. The van der Waals surface area contributed by atoms with Crippen LogP contribution < -0.4 is 0 Å². The standard InChI is InChI=1S/C11H12N4O4/c1-13(5-9-3-2-4-19-9)11(16)7-14-6-10(12-8-14)15(17)18/h2-4,6,8H,5,7H2,1H3. The molecule has 8 nitrogen and oxygen atoms in total. The number of rotatable bonds is 5. The van der Waals surface area contributed by atoms with Crippen molar-refractivity contribution in [2.24, 2.45) is 0 Å². The van der Waals surface area contributed by atoms with Gasteiger partial charge in [-0.05, 0) is 22.0 Å². The van der Waals surface area contributed by atoms with Gasteiger partial charge >= 0.3 is 5.82 Å². The SMILES string of the molecule is CN(Cc1ccco1)C(=O)Cn1cnc([N+](=O)[O-])c1. The number of imidazole rings is 1. The maximum atomic E-state index is 11.9. The molecule has 2 heterocycles. The van der Waals surface area contributed by atoms with Gasteiger partial charge in [0.1, 0.15) is 18.5 Å². The van der Waals surface area contributed by atoms with Crippen LogP contribution in [0.5, 0.6) is 0 Å². The van der Waals surface area contributed by atoms with Crippen LogP contribution in [0, 0.1) is 10.1 Å². The summed E-state index contributed by atoms with van der Waals surface area (Å²) in [5.41, 5.74) is 0. The summed E-state index contributed by atoms with van der Waals surface area (Å²) in [4.78, 5) is 26.8. The van der Waals surface area contributed by atoms with Gasteiger partial charge in [0.25, 0.3) is 0 Å². The van der Waals surface area contributed by atoms with Crippen LogP contribution in [0.1, 0.15) is 5.76 Å². The van der Waals surface area contributed by atoms with E-state index in [4.69, 9.17) is 4.42 Å². The van der Waals surface area contributed by atoms with Gasteiger partial charge in [-0.15, -0.1) is 0 Å². The summed E-state index contributed by atoms with van der Waals surface area (Å²) in [5.74, 6) is 0.206. The van der Waals surface area contributed by atoms with Gasteiger partial charge in [-0.2, -0.15) is 0 Å². The molecule has 19 heavy (non-hydrogen) atoms. The van der Waals surface area contributed by atoms with Crippen molar-refractivity contribution >= 4 is 11.7 Å². The lowest BCUT2D eigenvalue weighted by molar-refractivity contribution is -0.389. The maximum absolute atomic E-state index is 11.9. The van der Waals surface area contributed by atoms with E-state index in [1.807, 2.05) is 0 Å². The van der Waals surface area contributed by atoms with Crippen molar-refractivity contribution < 1.29 is 14.1 Å². The van der Waals surface area contributed by atoms with Crippen LogP contribution in [0.2, 0.25) is 0 Å². The summed E-state index contributed by atoms with van der Waals surface area (Å²) in [6, 6.07) is 3.51. The van der Waals surface area contributed by atoms with Gasteiger partial charge in [0.15, 0.2) is 0 Å². The van der Waals surface area contributed by atoms with E-state index >= 15 is 0 Å². The molecule has 0 unspecified atom stereocenters. The first-order valence-corrected chi connectivity index (χ1v) is 5.49. The molecule has 0 atom stereocenters. The molecule has 100 valence electrons. The molecular formula is C11H12N4O4. The molecule has 2 aromatic heterocycles. The number of amides is 1. The van der Waals surface area contributed by atoms with Gasteiger partial charge in [-0.3, -0.25) is 4.79 Å². The molecule has 8 heteroatoms. The van der Waals surface area contributed by atoms with Gasteiger partial charge < -0.3 is 24.0 Å². The van der Waals surface area contributed by atoms with E-state index in [2.05, 4.69) is 4.98 Å². The quantitative estimate of drug-likeness (QED) is 0.594. The number of carbonyl (C=O) groups excluding carboxylic acids is 1. The van der Waals surface area contributed by atoms with Gasteiger partial charge in [-0.1, -0.05) is 0 Å². The van der Waals surface area contributed by atoms with E-state index in [0.717, 1.165) is 0 Å². The van der Waals surface area contributed by atoms with Crippen molar-refractivity contribution in [2.75, 3.05) is 7.05 Å². The van der Waals surface area contributed by atoms with E-state index in [-0.39, 0.29) is 18.3 Å². The summed E-state index contributed by atoms with van der Waals surface area (Å²) < 4.78 is 6.51. The Morgan fingerprint density at radius 2 is 2.42 bits per heavy atom. The van der Waals surface area contributed by atoms with Crippen molar-refractivity contribution in [1.82, 2.24) is 14.5 Å². The number of hydrogen-bond acceptors (Lipinski definition) is 5. The molecule has 0 radical (unpaired) electrons. The minimum absolute atomic E-state index is 0.00194. The molecule has 0 spiro atoms. The fraction of sp³-hybridized carbons (Fsp3) is 0.273. The van der Waals surface area contributed by atoms with Gasteiger partial charge in [0.2, 0.25) is 12.2 Å². The highest BCUT2D eigenvalue weighted by Crippen LogP contribution is 2.07. The Kier molecular flexibility index (Phi) is 3.60. The highest BCUT2D eigenvalue weighted by molar-refractivity contribution is 5.75. The topological polar surface area (TPSA) is 94.4 Å². The number of furan rings is 1. The summed E-state index contributed by atoms with van der Waals surface area (Å²) in [6.07, 6.45) is 4.02. The second kappa shape index (κ2) is 5.34. The van der Waals surface area contributed by atoms with E-state index in [1.165, 1.54) is 28.3 Å².